The SMILES string of the molecule is O=[N+]([O-])c1cc([N+](=O)[O-])c([O-])c([N+](=O)[O-])c1.O=[N+]([O-])c1cc([N+](=O)[O-])c([O-])c([N+](=O)[O-])c1.[O-][n+]1cccc(C[n+]2ccccc2)c1. The summed E-state index contributed by atoms with van der Waals surface area (Å²) in [6, 6.07) is 11.1. The van der Waals surface area contributed by atoms with E-state index >= 15 is 0 Å². The molecule has 0 bridgehead atoms. The lowest BCUT2D eigenvalue weighted by Crippen LogP contribution is -2.34. The molecule has 4 rings (SSSR count). The van der Waals surface area contributed by atoms with Gasteiger partial charge < -0.3 is 15.4 Å². The van der Waals surface area contributed by atoms with E-state index in [9.17, 15) is 76.1 Å². The summed E-state index contributed by atoms with van der Waals surface area (Å²) in [5.74, 6) is -2.92. The Balaban J connectivity index is 0.000000241. The van der Waals surface area contributed by atoms with Crippen LogP contribution in [0, 0.1) is 65.9 Å². The van der Waals surface area contributed by atoms with Gasteiger partial charge in [0, 0.05) is 18.2 Å². The first-order chi connectivity index (χ1) is 21.5. The molecule has 0 amide bonds. The maximum absolute atomic E-state index is 11.1. The van der Waals surface area contributed by atoms with Crippen LogP contribution in [-0.4, -0.2) is 29.5 Å². The number of aromatic nitrogens is 2. The lowest BCUT2D eigenvalue weighted by Gasteiger charge is -2.06. The molecule has 0 fully saturated rings. The van der Waals surface area contributed by atoms with Crippen molar-refractivity contribution in [2.45, 2.75) is 6.54 Å². The molecule has 0 spiro atoms. The second-order valence-corrected chi connectivity index (χ2v) is 8.29. The number of hydrogen-bond donors (Lipinski definition) is 0. The molecule has 4 aromatic rings. The molecule has 23 nitrogen and oxygen atoms in total. The van der Waals surface area contributed by atoms with Crippen LogP contribution >= 0.6 is 0 Å². The molecule has 238 valence electrons. The largest absolute Gasteiger partial charge is 0.863 e. The van der Waals surface area contributed by atoms with Crippen molar-refractivity contribution in [1.29, 1.82) is 0 Å². The highest BCUT2D eigenvalue weighted by molar-refractivity contribution is 5.64. The number of nitro groups is 6. The summed E-state index contributed by atoms with van der Waals surface area (Å²) in [6.45, 7) is 0.726. The highest BCUT2D eigenvalue weighted by Crippen LogP contribution is 2.38. The Bertz CT molecular complexity index is 1670. The maximum atomic E-state index is 11.1. The molecule has 0 aliphatic rings. The van der Waals surface area contributed by atoms with E-state index in [0.29, 0.717) is 24.3 Å². The van der Waals surface area contributed by atoms with Gasteiger partial charge in [-0.1, -0.05) is 6.07 Å². The van der Waals surface area contributed by atoms with Crippen LogP contribution in [0.4, 0.5) is 34.1 Å². The van der Waals surface area contributed by atoms with E-state index < -0.39 is 75.2 Å². The Morgan fingerprint density at radius 3 is 1.20 bits per heavy atom. The second-order valence-electron chi connectivity index (χ2n) is 8.29. The van der Waals surface area contributed by atoms with Gasteiger partial charge in [0.25, 0.3) is 34.1 Å². The third-order valence-corrected chi connectivity index (χ3v) is 5.26. The Morgan fingerprint density at radius 1 is 0.522 bits per heavy atom. The van der Waals surface area contributed by atoms with Crippen LogP contribution in [0.25, 0.3) is 0 Å². The number of rotatable bonds is 8. The Labute approximate surface area is 252 Å². The molecule has 0 saturated heterocycles. The summed E-state index contributed by atoms with van der Waals surface area (Å²) in [5, 5.41) is 95.2. The lowest BCUT2D eigenvalue weighted by molar-refractivity contribution is -0.690. The van der Waals surface area contributed by atoms with E-state index in [0.717, 1.165) is 16.8 Å². The topological polar surface area (TPSA) is 336 Å². The van der Waals surface area contributed by atoms with Crippen LogP contribution in [0.1, 0.15) is 5.56 Å². The van der Waals surface area contributed by atoms with Crippen molar-refractivity contribution in [2.75, 3.05) is 0 Å². The predicted molar refractivity (Wildman–Crippen MR) is 143 cm³/mol. The first kappa shape index (κ1) is 34.7. The van der Waals surface area contributed by atoms with Crippen LogP contribution in [0.2, 0.25) is 0 Å². The van der Waals surface area contributed by atoms with Crippen molar-refractivity contribution in [3.8, 4) is 11.5 Å². The van der Waals surface area contributed by atoms with E-state index in [1.54, 1.807) is 12.3 Å². The Morgan fingerprint density at radius 2 is 0.891 bits per heavy atom. The van der Waals surface area contributed by atoms with E-state index in [4.69, 9.17) is 0 Å². The quantitative estimate of drug-likeness (QED) is 0.114. The maximum Gasteiger partial charge on any atom is 0.283 e. The van der Waals surface area contributed by atoms with Gasteiger partial charge >= 0.3 is 0 Å². The summed E-state index contributed by atoms with van der Waals surface area (Å²) in [6.07, 6.45) is 7.02. The van der Waals surface area contributed by atoms with Gasteiger partial charge in [-0.05, 0) is 6.07 Å². The fourth-order valence-electron chi connectivity index (χ4n) is 3.27. The summed E-state index contributed by atoms with van der Waals surface area (Å²) in [4.78, 5) is 55.0. The molecule has 2 aromatic heterocycles. The van der Waals surface area contributed by atoms with Crippen molar-refractivity contribution in [2.24, 2.45) is 0 Å². The molecule has 0 radical (unpaired) electrons. The summed E-state index contributed by atoms with van der Waals surface area (Å²) in [7, 11) is 0. The minimum Gasteiger partial charge on any atom is -0.863 e. The molecule has 0 atom stereocenters. The fraction of sp³-hybridized carbons (Fsp3) is 0.0435. The molecular weight excluding hydrogens is 628 g/mol. The number of pyridine rings is 2. The van der Waals surface area contributed by atoms with Gasteiger partial charge in [0.1, 0.15) is 0 Å². The van der Waals surface area contributed by atoms with Crippen LogP contribution < -0.4 is 19.5 Å². The minimum atomic E-state index is -1.46. The van der Waals surface area contributed by atoms with Gasteiger partial charge in [-0.25, -0.2) is 4.57 Å². The van der Waals surface area contributed by atoms with Crippen molar-refractivity contribution in [3.63, 3.8) is 0 Å². The average Bonchev–Trinajstić information content (AvgIpc) is 2.97. The standard InChI is InChI=1S/C11H11N2O.2C6H3N3O7/c14-13-8-4-5-11(10-13)9-12-6-2-1-3-7-12;2*10-6-4(8(13)14)1-3(7(11)12)2-5(6)9(15)16/h1-8,10H,9H2;2*1-2,10H/q+1;;/p-2. The summed E-state index contributed by atoms with van der Waals surface area (Å²) < 4.78 is 2.84. The van der Waals surface area contributed by atoms with Gasteiger partial charge in [0.05, 0.1) is 70.9 Å². The molecule has 46 heavy (non-hydrogen) atoms. The van der Waals surface area contributed by atoms with Gasteiger partial charge in [-0.3, -0.25) is 60.7 Å². The fourth-order valence-corrected chi connectivity index (χ4v) is 3.27. The third kappa shape index (κ3) is 9.28. The van der Waals surface area contributed by atoms with E-state index in [1.807, 2.05) is 41.2 Å². The van der Waals surface area contributed by atoms with Crippen LogP contribution in [0.3, 0.4) is 0 Å². The second kappa shape index (κ2) is 15.1. The minimum absolute atomic E-state index is 0.384. The molecule has 0 aliphatic heterocycles. The van der Waals surface area contributed by atoms with Gasteiger partial charge in [0.15, 0.2) is 31.3 Å². The first-order valence-corrected chi connectivity index (χ1v) is 11.7. The molecule has 0 saturated carbocycles. The zero-order valence-corrected chi connectivity index (χ0v) is 22.4. The Hall–Kier alpha value is -7.46. The molecule has 0 aliphatic carbocycles. The van der Waals surface area contributed by atoms with Gasteiger partial charge in [-0.15, -0.1) is 0 Å². The van der Waals surface area contributed by atoms with Crippen molar-refractivity contribution in [3.05, 3.63) is 151 Å². The number of benzene rings is 2. The zero-order chi connectivity index (χ0) is 34.7. The number of hydrogen-bond acceptors (Lipinski definition) is 15. The summed E-state index contributed by atoms with van der Waals surface area (Å²) >= 11 is 0. The number of nitro benzene ring substituents is 6. The zero-order valence-electron chi connectivity index (χ0n) is 22.4. The predicted octanol–water partition coefficient (Wildman–Crippen LogP) is 1.63. The van der Waals surface area contributed by atoms with E-state index in [1.165, 1.54) is 6.20 Å². The monoisotopic (exact) mass is 643 g/mol. The normalized spacial score (nSPS) is 9.83. The molecule has 23 heteroatoms. The lowest BCUT2D eigenvalue weighted by atomic mass is 10.2. The first-order valence-electron chi connectivity index (χ1n) is 11.7. The van der Waals surface area contributed by atoms with Crippen LogP contribution in [0.15, 0.2) is 79.4 Å². The van der Waals surface area contributed by atoms with E-state index in [2.05, 4.69) is 0 Å². The van der Waals surface area contributed by atoms with Crippen molar-refractivity contribution >= 4 is 34.1 Å². The summed E-state index contributed by atoms with van der Waals surface area (Å²) in [5.41, 5.74) is -5.53. The third-order valence-electron chi connectivity index (χ3n) is 5.26. The van der Waals surface area contributed by atoms with E-state index in [-0.39, 0.29) is 0 Å². The number of nitrogens with zero attached hydrogens (tertiary/aromatic N) is 8. The Kier molecular flexibility index (Phi) is 11.4. The van der Waals surface area contributed by atoms with Gasteiger partial charge in [-0.2, -0.15) is 4.73 Å². The van der Waals surface area contributed by atoms with Gasteiger partial charge in [0.2, 0.25) is 0 Å². The van der Waals surface area contributed by atoms with Crippen LogP contribution in [0.5, 0.6) is 11.5 Å². The van der Waals surface area contributed by atoms with Crippen molar-refractivity contribution in [1.82, 2.24) is 0 Å². The average molecular weight is 643 g/mol. The molecule has 2 aromatic carbocycles. The molecule has 0 N–H and O–H groups in total. The van der Waals surface area contributed by atoms with Crippen LogP contribution in [-0.2, 0) is 6.54 Å². The highest BCUT2D eigenvalue weighted by Gasteiger charge is 2.25. The molecule has 2 heterocycles. The molecular formula is C23H15N8O15-. The highest BCUT2D eigenvalue weighted by atomic mass is 16.7. The smallest absolute Gasteiger partial charge is 0.283 e. The number of non-ortho nitro benzene ring substituents is 2. The molecule has 0 unspecified atom stereocenters. The van der Waals surface area contributed by atoms with Crippen molar-refractivity contribution < 1.29 is 49.1 Å².